The molecule has 0 unspecified atom stereocenters. The number of unbranched alkanes of at least 4 members (excludes halogenated alkanes) is 2. The first-order valence-corrected chi connectivity index (χ1v) is 9.42. The van der Waals surface area contributed by atoms with Crippen molar-refractivity contribution < 1.29 is 4.79 Å². The predicted octanol–water partition coefficient (Wildman–Crippen LogP) is 5.79. The number of hydrogen-bond donors (Lipinski definition) is 0. The van der Waals surface area contributed by atoms with Crippen molar-refractivity contribution in [2.75, 3.05) is 11.9 Å². The van der Waals surface area contributed by atoms with E-state index in [1.54, 1.807) is 4.90 Å². The van der Waals surface area contributed by atoms with Gasteiger partial charge in [-0.25, -0.2) is 0 Å². The molecule has 4 heteroatoms. The smallest absolute Gasteiger partial charge is 0.226 e. The third kappa shape index (κ3) is 5.81. The maximum absolute atomic E-state index is 12.3. The minimum absolute atomic E-state index is 0.125. The van der Waals surface area contributed by atoms with Gasteiger partial charge in [-0.1, -0.05) is 30.0 Å². The van der Waals surface area contributed by atoms with Crippen LogP contribution in [0.5, 0.6) is 0 Å². The summed E-state index contributed by atoms with van der Waals surface area (Å²) in [7, 11) is 1.81. The first-order valence-electron chi connectivity index (χ1n) is 7.83. The van der Waals surface area contributed by atoms with Crippen LogP contribution in [0, 0.1) is 11.8 Å². The molecule has 0 saturated carbocycles. The Kier molecular flexibility index (Phi) is 7.55. The first kappa shape index (κ1) is 18.8. The average Bonchev–Trinajstić information content (AvgIpc) is 2.60. The fourth-order valence-electron chi connectivity index (χ4n) is 2.18. The van der Waals surface area contributed by atoms with Gasteiger partial charge in [0.05, 0.1) is 0 Å². The molecule has 2 nitrogen and oxygen atoms in total. The van der Waals surface area contributed by atoms with Gasteiger partial charge >= 0.3 is 0 Å². The molecule has 0 aliphatic carbocycles. The van der Waals surface area contributed by atoms with Gasteiger partial charge in [-0.3, -0.25) is 4.79 Å². The Morgan fingerprint density at radius 2 is 1.79 bits per heavy atom. The molecule has 0 aliphatic rings. The zero-order chi connectivity index (χ0) is 17.4. The van der Waals surface area contributed by atoms with E-state index in [9.17, 15) is 4.79 Å². The highest BCUT2D eigenvalue weighted by molar-refractivity contribution is 9.13. The molecule has 124 valence electrons. The molecular weight excluding hydrogens is 430 g/mol. The summed E-state index contributed by atoms with van der Waals surface area (Å²) in [5.74, 6) is 6.43. The van der Waals surface area contributed by atoms with E-state index < -0.39 is 0 Å². The Hall–Kier alpha value is -1.57. The van der Waals surface area contributed by atoms with Crippen molar-refractivity contribution in [3.8, 4) is 11.8 Å². The second kappa shape index (κ2) is 9.66. The number of halogens is 2. The first-order chi connectivity index (χ1) is 11.6. The van der Waals surface area contributed by atoms with Gasteiger partial charge in [0.1, 0.15) is 0 Å². The Morgan fingerprint density at radius 1 is 1.04 bits per heavy atom. The molecule has 0 aromatic heterocycles. The number of anilines is 1. The number of amides is 1. The van der Waals surface area contributed by atoms with E-state index in [1.165, 1.54) is 0 Å². The van der Waals surface area contributed by atoms with Crippen LogP contribution in [0.25, 0.3) is 0 Å². The Bertz CT molecular complexity index is 747. The molecule has 0 N–H and O–H groups in total. The standard InChI is InChI=1S/C20H19Br2NO/c1-23(17-13-14-18(21)19(22)15-17)20(24)12-8-3-2-5-9-16-10-6-4-7-11-16/h4,6-7,10-11,13-15H,2-3,8,12H2,1H3. The van der Waals surface area contributed by atoms with Gasteiger partial charge in [0.25, 0.3) is 0 Å². The summed E-state index contributed by atoms with van der Waals surface area (Å²) in [6, 6.07) is 15.8. The van der Waals surface area contributed by atoms with E-state index in [1.807, 2.05) is 55.6 Å². The summed E-state index contributed by atoms with van der Waals surface area (Å²) in [4.78, 5) is 14.0. The highest BCUT2D eigenvalue weighted by Crippen LogP contribution is 2.27. The van der Waals surface area contributed by atoms with Crippen molar-refractivity contribution in [1.29, 1.82) is 0 Å². The van der Waals surface area contributed by atoms with Gasteiger partial charge < -0.3 is 4.90 Å². The van der Waals surface area contributed by atoms with E-state index in [4.69, 9.17) is 0 Å². The summed E-state index contributed by atoms with van der Waals surface area (Å²) < 4.78 is 1.92. The molecule has 2 rings (SSSR count). The predicted molar refractivity (Wildman–Crippen MR) is 107 cm³/mol. The number of nitrogens with zero attached hydrogens (tertiary/aromatic N) is 1. The topological polar surface area (TPSA) is 20.3 Å². The minimum atomic E-state index is 0.125. The van der Waals surface area contributed by atoms with E-state index in [0.717, 1.165) is 39.5 Å². The van der Waals surface area contributed by atoms with Crippen LogP contribution < -0.4 is 4.90 Å². The second-order valence-electron chi connectivity index (χ2n) is 5.43. The second-order valence-corrected chi connectivity index (χ2v) is 7.13. The summed E-state index contributed by atoms with van der Waals surface area (Å²) in [6.07, 6.45) is 3.14. The van der Waals surface area contributed by atoms with E-state index in [2.05, 4.69) is 43.7 Å². The van der Waals surface area contributed by atoms with E-state index in [-0.39, 0.29) is 5.91 Å². The molecule has 24 heavy (non-hydrogen) atoms. The van der Waals surface area contributed by atoms with Crippen LogP contribution in [-0.4, -0.2) is 13.0 Å². The average molecular weight is 449 g/mol. The van der Waals surface area contributed by atoms with E-state index >= 15 is 0 Å². The zero-order valence-corrected chi connectivity index (χ0v) is 16.7. The number of hydrogen-bond acceptors (Lipinski definition) is 1. The number of carbonyl (C=O) groups is 1. The fraction of sp³-hybridized carbons (Fsp3) is 0.250. The molecular formula is C20H19Br2NO. The molecule has 0 atom stereocenters. The Labute approximate surface area is 160 Å². The normalized spacial score (nSPS) is 9.96. The molecule has 0 bridgehead atoms. The van der Waals surface area contributed by atoms with Crippen molar-refractivity contribution in [3.05, 3.63) is 63.0 Å². The molecule has 0 saturated heterocycles. The fourth-order valence-corrected chi connectivity index (χ4v) is 2.79. The zero-order valence-electron chi connectivity index (χ0n) is 13.6. The van der Waals surface area contributed by atoms with Crippen molar-refractivity contribution in [2.24, 2.45) is 0 Å². The lowest BCUT2D eigenvalue weighted by molar-refractivity contribution is -0.118. The van der Waals surface area contributed by atoms with Crippen LogP contribution in [0.2, 0.25) is 0 Å². The van der Waals surface area contributed by atoms with Crippen molar-refractivity contribution in [1.82, 2.24) is 0 Å². The SMILES string of the molecule is CN(C(=O)CCCCC#Cc1ccccc1)c1ccc(Br)c(Br)c1. The van der Waals surface area contributed by atoms with Crippen LogP contribution in [0.4, 0.5) is 5.69 Å². The molecule has 2 aromatic carbocycles. The van der Waals surface area contributed by atoms with Crippen LogP contribution in [-0.2, 0) is 4.79 Å². The molecule has 2 aromatic rings. The van der Waals surface area contributed by atoms with Crippen LogP contribution >= 0.6 is 31.9 Å². The molecule has 0 fully saturated rings. The monoisotopic (exact) mass is 447 g/mol. The largest absolute Gasteiger partial charge is 0.315 e. The molecule has 1 amide bonds. The van der Waals surface area contributed by atoms with Crippen LogP contribution in [0.15, 0.2) is 57.5 Å². The summed E-state index contributed by atoms with van der Waals surface area (Å²) in [6.45, 7) is 0. The van der Waals surface area contributed by atoms with Crippen molar-refractivity contribution in [2.45, 2.75) is 25.7 Å². The summed E-state index contributed by atoms with van der Waals surface area (Å²) >= 11 is 6.90. The minimum Gasteiger partial charge on any atom is -0.315 e. The quantitative estimate of drug-likeness (QED) is 0.418. The Morgan fingerprint density at radius 3 is 2.50 bits per heavy atom. The van der Waals surface area contributed by atoms with Gasteiger partial charge in [-0.2, -0.15) is 0 Å². The van der Waals surface area contributed by atoms with E-state index in [0.29, 0.717) is 6.42 Å². The molecule has 0 heterocycles. The van der Waals surface area contributed by atoms with Crippen LogP contribution in [0.1, 0.15) is 31.2 Å². The highest BCUT2D eigenvalue weighted by atomic mass is 79.9. The van der Waals surface area contributed by atoms with Gasteiger partial charge in [-0.15, -0.1) is 0 Å². The van der Waals surface area contributed by atoms with Gasteiger partial charge in [0.15, 0.2) is 0 Å². The summed E-state index contributed by atoms with van der Waals surface area (Å²) in [5.41, 5.74) is 1.92. The lowest BCUT2D eigenvalue weighted by Crippen LogP contribution is -2.25. The molecule has 0 radical (unpaired) electrons. The lowest BCUT2D eigenvalue weighted by atomic mass is 10.1. The third-order valence-corrected chi connectivity index (χ3v) is 5.49. The van der Waals surface area contributed by atoms with Crippen molar-refractivity contribution >= 4 is 43.5 Å². The number of benzene rings is 2. The lowest BCUT2D eigenvalue weighted by Gasteiger charge is -2.18. The van der Waals surface area contributed by atoms with Gasteiger partial charge in [0, 0.05) is 40.1 Å². The maximum Gasteiger partial charge on any atom is 0.226 e. The number of rotatable bonds is 5. The Balaban J connectivity index is 1.75. The van der Waals surface area contributed by atoms with Gasteiger partial charge in [-0.05, 0) is 75.0 Å². The van der Waals surface area contributed by atoms with Crippen LogP contribution in [0.3, 0.4) is 0 Å². The van der Waals surface area contributed by atoms with Gasteiger partial charge in [0.2, 0.25) is 5.91 Å². The number of carbonyl (C=O) groups excluding carboxylic acids is 1. The summed E-state index contributed by atoms with van der Waals surface area (Å²) in [5, 5.41) is 0. The molecule has 0 spiro atoms. The van der Waals surface area contributed by atoms with Crippen molar-refractivity contribution in [3.63, 3.8) is 0 Å². The highest BCUT2D eigenvalue weighted by Gasteiger charge is 2.11. The molecule has 0 aliphatic heterocycles. The third-order valence-electron chi connectivity index (χ3n) is 3.61. The maximum atomic E-state index is 12.3.